The van der Waals surface area contributed by atoms with Gasteiger partial charge in [0.1, 0.15) is 5.75 Å². The maximum Gasteiger partial charge on any atom is 0.315 e. The van der Waals surface area contributed by atoms with Crippen molar-refractivity contribution in [2.75, 3.05) is 13.1 Å². The summed E-state index contributed by atoms with van der Waals surface area (Å²) >= 11 is 1.55. The molecule has 144 valence electrons. The normalized spacial score (nSPS) is 21.9. The minimum absolute atomic E-state index is 0.262. The fourth-order valence-corrected chi connectivity index (χ4v) is 5.23. The van der Waals surface area contributed by atoms with Crippen LogP contribution in [0.15, 0.2) is 48.5 Å². The van der Waals surface area contributed by atoms with Crippen LogP contribution in [0.4, 0.5) is 4.79 Å². The van der Waals surface area contributed by atoms with Gasteiger partial charge in [0.25, 0.3) is 5.19 Å². The number of aromatic nitrogens is 1. The Bertz CT molecular complexity index is 956. The van der Waals surface area contributed by atoms with Crippen molar-refractivity contribution in [3.8, 4) is 10.9 Å². The first-order valence-electron chi connectivity index (χ1n) is 9.58. The van der Waals surface area contributed by atoms with Crippen molar-refractivity contribution in [1.29, 1.82) is 0 Å². The third kappa shape index (κ3) is 3.31. The quantitative estimate of drug-likeness (QED) is 0.730. The number of piperazine rings is 1. The first-order chi connectivity index (χ1) is 13.7. The molecule has 2 bridgehead atoms. The van der Waals surface area contributed by atoms with Gasteiger partial charge in [-0.2, -0.15) is 0 Å². The molecule has 2 unspecified atom stereocenters. The number of ether oxygens (including phenoxy) is 1. The molecule has 2 N–H and O–H groups in total. The Kier molecular flexibility index (Phi) is 4.41. The zero-order chi connectivity index (χ0) is 19.1. The van der Waals surface area contributed by atoms with E-state index in [1.165, 1.54) is 5.56 Å². The zero-order valence-electron chi connectivity index (χ0n) is 15.5. The van der Waals surface area contributed by atoms with Crippen molar-refractivity contribution < 1.29 is 9.53 Å². The SMILES string of the molecule is NC(=O)N1C2CCC1CN(Cc1ccc(Oc3nc4ccccc4s3)cc1)C2. The average molecular weight is 395 g/mol. The lowest BCUT2D eigenvalue weighted by Gasteiger charge is -2.40. The summed E-state index contributed by atoms with van der Waals surface area (Å²) in [4.78, 5) is 20.5. The second-order valence-electron chi connectivity index (χ2n) is 7.52. The lowest BCUT2D eigenvalue weighted by atomic mass is 10.1. The summed E-state index contributed by atoms with van der Waals surface area (Å²) in [5.74, 6) is 0.793. The van der Waals surface area contributed by atoms with E-state index < -0.39 is 0 Å². The number of amides is 2. The van der Waals surface area contributed by atoms with Gasteiger partial charge in [-0.3, -0.25) is 4.90 Å². The number of hydrogen-bond acceptors (Lipinski definition) is 5. The van der Waals surface area contributed by atoms with E-state index in [1.54, 1.807) is 11.3 Å². The summed E-state index contributed by atoms with van der Waals surface area (Å²) in [6.45, 7) is 2.66. The molecule has 3 heterocycles. The predicted octanol–water partition coefficient (Wildman–Crippen LogP) is 3.82. The fourth-order valence-electron chi connectivity index (χ4n) is 4.40. The molecule has 2 saturated heterocycles. The lowest BCUT2D eigenvalue weighted by molar-refractivity contribution is 0.0883. The van der Waals surface area contributed by atoms with Crippen LogP contribution in [-0.2, 0) is 6.54 Å². The van der Waals surface area contributed by atoms with Crippen LogP contribution in [0.1, 0.15) is 18.4 Å². The van der Waals surface area contributed by atoms with Crippen molar-refractivity contribution in [1.82, 2.24) is 14.8 Å². The topological polar surface area (TPSA) is 71.7 Å². The molecule has 2 aromatic carbocycles. The van der Waals surface area contributed by atoms with Crippen LogP contribution >= 0.6 is 11.3 Å². The van der Waals surface area contributed by atoms with Gasteiger partial charge in [-0.25, -0.2) is 9.78 Å². The van der Waals surface area contributed by atoms with E-state index >= 15 is 0 Å². The van der Waals surface area contributed by atoms with Gasteiger partial charge in [0.05, 0.1) is 10.2 Å². The molecule has 5 rings (SSSR count). The van der Waals surface area contributed by atoms with Crippen molar-refractivity contribution in [3.05, 3.63) is 54.1 Å². The van der Waals surface area contributed by atoms with Crippen LogP contribution < -0.4 is 10.5 Å². The van der Waals surface area contributed by atoms with Crippen molar-refractivity contribution >= 4 is 27.6 Å². The lowest BCUT2D eigenvalue weighted by Crippen LogP contribution is -2.56. The smallest absolute Gasteiger partial charge is 0.315 e. The van der Waals surface area contributed by atoms with Gasteiger partial charge >= 0.3 is 6.03 Å². The van der Waals surface area contributed by atoms with Crippen LogP contribution in [0.2, 0.25) is 0 Å². The van der Waals surface area contributed by atoms with Crippen molar-refractivity contribution in [2.45, 2.75) is 31.5 Å². The number of rotatable bonds is 4. The zero-order valence-corrected chi connectivity index (χ0v) is 16.3. The number of primary amides is 1. The minimum Gasteiger partial charge on any atom is -0.431 e. The van der Waals surface area contributed by atoms with Crippen LogP contribution in [0.3, 0.4) is 0 Å². The monoisotopic (exact) mass is 394 g/mol. The summed E-state index contributed by atoms with van der Waals surface area (Å²) in [6.07, 6.45) is 2.11. The number of carbonyl (C=O) groups is 1. The molecule has 7 heteroatoms. The highest BCUT2D eigenvalue weighted by atomic mass is 32.1. The highest BCUT2D eigenvalue weighted by Gasteiger charge is 2.41. The third-order valence-electron chi connectivity index (χ3n) is 5.62. The summed E-state index contributed by atoms with van der Waals surface area (Å²) < 4.78 is 7.05. The van der Waals surface area contributed by atoms with E-state index in [4.69, 9.17) is 10.5 Å². The Labute approximate surface area is 167 Å². The fraction of sp³-hybridized carbons (Fsp3) is 0.333. The van der Waals surface area contributed by atoms with Gasteiger partial charge in [-0.1, -0.05) is 35.6 Å². The molecule has 0 radical (unpaired) electrons. The highest BCUT2D eigenvalue weighted by Crippen LogP contribution is 2.32. The number of hydrogen-bond donors (Lipinski definition) is 1. The van der Waals surface area contributed by atoms with E-state index in [-0.39, 0.29) is 18.1 Å². The maximum absolute atomic E-state index is 11.6. The number of nitrogens with two attached hydrogens (primary N) is 1. The molecule has 1 aromatic heterocycles. The first-order valence-corrected chi connectivity index (χ1v) is 10.4. The van der Waals surface area contributed by atoms with Gasteiger partial charge in [-0.05, 0) is 42.7 Å². The molecule has 2 atom stereocenters. The van der Waals surface area contributed by atoms with Crippen molar-refractivity contribution in [3.63, 3.8) is 0 Å². The van der Waals surface area contributed by atoms with E-state index in [9.17, 15) is 4.79 Å². The molecule has 6 nitrogen and oxygen atoms in total. The number of urea groups is 1. The molecule has 2 aliphatic rings. The van der Waals surface area contributed by atoms with Gasteiger partial charge < -0.3 is 15.4 Å². The number of fused-ring (bicyclic) bond motifs is 3. The Balaban J connectivity index is 1.23. The number of benzene rings is 2. The Morgan fingerprint density at radius 1 is 1.11 bits per heavy atom. The van der Waals surface area contributed by atoms with Crippen LogP contribution in [0.5, 0.6) is 10.9 Å². The number of para-hydroxylation sites is 1. The van der Waals surface area contributed by atoms with Crippen LogP contribution in [0, 0.1) is 0 Å². The standard InChI is InChI=1S/C21H22N4O2S/c22-20(26)25-15-7-8-16(25)13-24(12-15)11-14-5-9-17(10-6-14)27-21-23-18-3-1-2-4-19(18)28-21/h1-6,9-10,15-16H,7-8,11-13H2,(H2,22,26). The second kappa shape index (κ2) is 7.07. The molecule has 28 heavy (non-hydrogen) atoms. The Morgan fingerprint density at radius 2 is 1.82 bits per heavy atom. The van der Waals surface area contributed by atoms with Gasteiger partial charge in [0.2, 0.25) is 0 Å². The van der Waals surface area contributed by atoms with Gasteiger partial charge in [-0.15, -0.1) is 0 Å². The largest absolute Gasteiger partial charge is 0.431 e. The van der Waals surface area contributed by atoms with E-state index in [0.29, 0.717) is 5.19 Å². The summed E-state index contributed by atoms with van der Waals surface area (Å²) in [5, 5.41) is 0.660. The van der Waals surface area contributed by atoms with Gasteiger partial charge in [0, 0.05) is 31.7 Å². The van der Waals surface area contributed by atoms with Crippen LogP contribution in [-0.4, -0.2) is 46.0 Å². The Hall–Kier alpha value is -2.64. The predicted molar refractivity (Wildman–Crippen MR) is 110 cm³/mol. The molecule has 3 aromatic rings. The van der Waals surface area contributed by atoms with E-state index in [0.717, 1.165) is 48.4 Å². The van der Waals surface area contributed by atoms with E-state index in [2.05, 4.69) is 22.0 Å². The molecule has 2 aliphatic heterocycles. The first kappa shape index (κ1) is 17.5. The van der Waals surface area contributed by atoms with Crippen molar-refractivity contribution in [2.24, 2.45) is 5.73 Å². The highest BCUT2D eigenvalue weighted by molar-refractivity contribution is 7.20. The minimum atomic E-state index is -0.275. The van der Waals surface area contributed by atoms with Crippen LogP contribution in [0.25, 0.3) is 10.2 Å². The molecule has 0 saturated carbocycles. The second-order valence-corrected chi connectivity index (χ2v) is 8.51. The molecule has 0 aliphatic carbocycles. The molecule has 2 fully saturated rings. The number of thiazole rings is 1. The number of carbonyl (C=O) groups excluding carboxylic acids is 1. The molecular formula is C21H22N4O2S. The molecular weight excluding hydrogens is 372 g/mol. The maximum atomic E-state index is 11.6. The average Bonchev–Trinajstić information content (AvgIpc) is 3.21. The van der Waals surface area contributed by atoms with Gasteiger partial charge in [0.15, 0.2) is 0 Å². The summed E-state index contributed by atoms with van der Waals surface area (Å²) in [6, 6.07) is 16.5. The van der Waals surface area contributed by atoms with E-state index in [1.807, 2.05) is 41.3 Å². The number of nitrogens with zero attached hydrogens (tertiary/aromatic N) is 3. The summed E-state index contributed by atoms with van der Waals surface area (Å²) in [7, 11) is 0. The summed E-state index contributed by atoms with van der Waals surface area (Å²) in [5.41, 5.74) is 7.74. The Morgan fingerprint density at radius 3 is 2.50 bits per heavy atom. The number of likely N-dealkylation sites (tertiary alicyclic amines) is 1. The third-order valence-corrected chi connectivity index (χ3v) is 6.54. The molecule has 0 spiro atoms. The molecule has 2 amide bonds.